The molecule has 0 amide bonds. The van der Waals surface area contributed by atoms with Crippen LogP contribution in [0.15, 0.2) is 54.6 Å². The van der Waals surface area contributed by atoms with Crippen LogP contribution >= 0.6 is 0 Å². The van der Waals surface area contributed by atoms with Gasteiger partial charge in [0, 0.05) is 11.1 Å². The van der Waals surface area contributed by atoms with Gasteiger partial charge in [0.1, 0.15) is 5.82 Å². The molecule has 0 heterocycles. The first kappa shape index (κ1) is 22.4. The Morgan fingerprint density at radius 3 is 2.28 bits per heavy atom. The topological polar surface area (TPSA) is 0 Å². The Kier molecular flexibility index (Phi) is 6.83. The Morgan fingerprint density at radius 1 is 0.781 bits per heavy atom. The number of fused-ring (bicyclic) bond motifs is 1. The molecule has 0 saturated heterocycles. The zero-order valence-corrected chi connectivity index (χ0v) is 18.8. The fourth-order valence-electron chi connectivity index (χ4n) is 4.49. The molecular formula is C29H29F3. The van der Waals surface area contributed by atoms with E-state index in [0.717, 1.165) is 23.1 Å². The van der Waals surface area contributed by atoms with Gasteiger partial charge < -0.3 is 0 Å². The SMILES string of the molecule is CCCCCc1ccc(C2=CCc3cc(-c4ccc(CC)c(F)c4F)c(F)cc3C2)cc1. The minimum Gasteiger partial charge on any atom is -0.206 e. The molecule has 0 aromatic heterocycles. The second-order valence-corrected chi connectivity index (χ2v) is 8.62. The molecule has 32 heavy (non-hydrogen) atoms. The second-order valence-electron chi connectivity index (χ2n) is 8.62. The average molecular weight is 435 g/mol. The van der Waals surface area contributed by atoms with E-state index in [1.165, 1.54) is 48.6 Å². The zero-order chi connectivity index (χ0) is 22.7. The van der Waals surface area contributed by atoms with E-state index in [1.54, 1.807) is 13.0 Å². The summed E-state index contributed by atoms with van der Waals surface area (Å²) >= 11 is 0. The van der Waals surface area contributed by atoms with Crippen LogP contribution in [0.25, 0.3) is 16.7 Å². The highest BCUT2D eigenvalue weighted by Gasteiger charge is 2.20. The van der Waals surface area contributed by atoms with Crippen LogP contribution in [0.5, 0.6) is 0 Å². The van der Waals surface area contributed by atoms with Gasteiger partial charge in [-0.3, -0.25) is 0 Å². The first-order valence-electron chi connectivity index (χ1n) is 11.6. The van der Waals surface area contributed by atoms with Gasteiger partial charge in [0.2, 0.25) is 0 Å². The van der Waals surface area contributed by atoms with E-state index in [1.807, 2.05) is 0 Å². The van der Waals surface area contributed by atoms with Crippen molar-refractivity contribution in [2.45, 2.75) is 58.8 Å². The molecule has 0 aliphatic heterocycles. The number of hydrogen-bond donors (Lipinski definition) is 0. The van der Waals surface area contributed by atoms with Crippen molar-refractivity contribution in [2.24, 2.45) is 0 Å². The molecule has 3 heteroatoms. The van der Waals surface area contributed by atoms with Gasteiger partial charge >= 0.3 is 0 Å². The molecule has 1 aliphatic carbocycles. The van der Waals surface area contributed by atoms with Crippen molar-refractivity contribution in [2.75, 3.05) is 0 Å². The molecule has 3 aromatic rings. The van der Waals surface area contributed by atoms with Gasteiger partial charge in [0.15, 0.2) is 11.6 Å². The summed E-state index contributed by atoms with van der Waals surface area (Å²) in [4.78, 5) is 0. The van der Waals surface area contributed by atoms with Crippen LogP contribution in [-0.4, -0.2) is 0 Å². The molecule has 166 valence electrons. The smallest absolute Gasteiger partial charge is 0.167 e. The van der Waals surface area contributed by atoms with Crippen LogP contribution in [0.4, 0.5) is 13.2 Å². The normalized spacial score (nSPS) is 13.1. The van der Waals surface area contributed by atoms with Gasteiger partial charge in [-0.05, 0) is 77.6 Å². The third-order valence-electron chi connectivity index (χ3n) is 6.47. The standard InChI is InChI=1S/C29H29F3/c1-3-5-6-7-19-8-10-21(11-9-19)22-12-13-23-17-26(27(30)18-24(23)16-22)25-15-14-20(4-2)28(31)29(25)32/h8-12,14-15,17-18H,3-7,13,16H2,1-2H3. The zero-order valence-electron chi connectivity index (χ0n) is 18.8. The van der Waals surface area contributed by atoms with Gasteiger partial charge in [0.05, 0.1) is 0 Å². The molecule has 4 rings (SSSR count). The van der Waals surface area contributed by atoms with Crippen LogP contribution in [0.3, 0.4) is 0 Å². The highest BCUT2D eigenvalue weighted by Crippen LogP contribution is 2.35. The van der Waals surface area contributed by atoms with Crippen LogP contribution < -0.4 is 0 Å². The maximum atomic E-state index is 15.0. The van der Waals surface area contributed by atoms with Crippen molar-refractivity contribution < 1.29 is 13.2 Å². The summed E-state index contributed by atoms with van der Waals surface area (Å²) < 4.78 is 43.9. The minimum atomic E-state index is -0.978. The Hall–Kier alpha value is -2.81. The molecule has 0 atom stereocenters. The molecule has 0 spiro atoms. The largest absolute Gasteiger partial charge is 0.206 e. The third kappa shape index (κ3) is 4.53. The highest BCUT2D eigenvalue weighted by molar-refractivity contribution is 5.73. The number of rotatable bonds is 7. The molecular weight excluding hydrogens is 405 g/mol. The van der Waals surface area contributed by atoms with Crippen molar-refractivity contribution in [3.05, 3.63) is 99.9 Å². The summed E-state index contributed by atoms with van der Waals surface area (Å²) in [5.41, 5.74) is 5.94. The molecule has 0 radical (unpaired) electrons. The molecule has 0 nitrogen and oxygen atoms in total. The molecule has 0 saturated carbocycles. The van der Waals surface area contributed by atoms with Crippen LogP contribution in [0.1, 0.15) is 60.9 Å². The van der Waals surface area contributed by atoms with Gasteiger partial charge in [-0.1, -0.05) is 69.2 Å². The first-order chi connectivity index (χ1) is 15.5. The van der Waals surface area contributed by atoms with Gasteiger partial charge in [-0.15, -0.1) is 0 Å². The van der Waals surface area contributed by atoms with E-state index in [-0.39, 0.29) is 11.1 Å². The Morgan fingerprint density at radius 2 is 1.56 bits per heavy atom. The van der Waals surface area contributed by atoms with E-state index in [0.29, 0.717) is 24.8 Å². The molecule has 0 bridgehead atoms. The van der Waals surface area contributed by atoms with E-state index in [4.69, 9.17) is 0 Å². The quantitative estimate of drug-likeness (QED) is 0.328. The highest BCUT2D eigenvalue weighted by atomic mass is 19.2. The van der Waals surface area contributed by atoms with E-state index in [9.17, 15) is 13.2 Å². The summed E-state index contributed by atoms with van der Waals surface area (Å²) in [7, 11) is 0. The number of benzene rings is 3. The van der Waals surface area contributed by atoms with Gasteiger partial charge in [-0.2, -0.15) is 0 Å². The Labute approximate surface area is 188 Å². The lowest BCUT2D eigenvalue weighted by Crippen LogP contribution is -2.05. The van der Waals surface area contributed by atoms with Gasteiger partial charge in [0.25, 0.3) is 0 Å². The number of halogens is 3. The van der Waals surface area contributed by atoms with Crippen molar-refractivity contribution in [3.63, 3.8) is 0 Å². The molecule has 0 unspecified atom stereocenters. The van der Waals surface area contributed by atoms with Crippen molar-refractivity contribution in [1.82, 2.24) is 0 Å². The summed E-state index contributed by atoms with van der Waals surface area (Å²) in [6.07, 6.45) is 8.60. The molecule has 0 N–H and O–H groups in total. The Balaban J connectivity index is 1.57. The summed E-state index contributed by atoms with van der Waals surface area (Å²) in [5.74, 6) is -2.38. The summed E-state index contributed by atoms with van der Waals surface area (Å²) in [5, 5.41) is 0. The van der Waals surface area contributed by atoms with Crippen LogP contribution in [-0.2, 0) is 25.7 Å². The third-order valence-corrected chi connectivity index (χ3v) is 6.47. The van der Waals surface area contributed by atoms with Crippen molar-refractivity contribution >= 4 is 5.57 Å². The molecule has 0 fully saturated rings. The summed E-state index contributed by atoms with van der Waals surface area (Å²) in [6, 6.07) is 14.8. The maximum Gasteiger partial charge on any atom is 0.167 e. The van der Waals surface area contributed by atoms with Crippen molar-refractivity contribution in [3.8, 4) is 11.1 Å². The predicted octanol–water partition coefficient (Wildman–Crippen LogP) is 8.25. The van der Waals surface area contributed by atoms with Crippen LogP contribution in [0.2, 0.25) is 0 Å². The lowest BCUT2D eigenvalue weighted by molar-refractivity contribution is 0.501. The molecule has 1 aliphatic rings. The number of aryl methyl sites for hydroxylation is 2. The second kappa shape index (κ2) is 9.77. The Bertz CT molecular complexity index is 1140. The number of hydrogen-bond acceptors (Lipinski definition) is 0. The molecule has 3 aromatic carbocycles. The van der Waals surface area contributed by atoms with Crippen molar-refractivity contribution in [1.29, 1.82) is 0 Å². The number of allylic oxidation sites excluding steroid dienone is 2. The number of unbranched alkanes of at least 4 members (excludes halogenated alkanes) is 2. The minimum absolute atomic E-state index is 0.0200. The lowest BCUT2D eigenvalue weighted by Gasteiger charge is -2.20. The lowest BCUT2D eigenvalue weighted by atomic mass is 9.85. The fourth-order valence-corrected chi connectivity index (χ4v) is 4.49. The monoisotopic (exact) mass is 434 g/mol. The summed E-state index contributed by atoms with van der Waals surface area (Å²) in [6.45, 7) is 3.97. The fraction of sp³-hybridized carbons (Fsp3) is 0.310. The van der Waals surface area contributed by atoms with Crippen LogP contribution in [0, 0.1) is 17.5 Å². The average Bonchev–Trinajstić information content (AvgIpc) is 2.81. The van der Waals surface area contributed by atoms with E-state index in [2.05, 4.69) is 37.3 Å². The van der Waals surface area contributed by atoms with E-state index >= 15 is 0 Å². The van der Waals surface area contributed by atoms with Gasteiger partial charge in [-0.25, -0.2) is 13.2 Å². The predicted molar refractivity (Wildman–Crippen MR) is 126 cm³/mol. The first-order valence-corrected chi connectivity index (χ1v) is 11.6. The van der Waals surface area contributed by atoms with E-state index < -0.39 is 17.5 Å². The maximum absolute atomic E-state index is 15.0.